The van der Waals surface area contributed by atoms with Crippen LogP contribution in [0, 0.1) is 11.7 Å². The van der Waals surface area contributed by atoms with E-state index in [2.05, 4.69) is 18.7 Å². The van der Waals surface area contributed by atoms with E-state index in [1.54, 1.807) is 12.1 Å². The summed E-state index contributed by atoms with van der Waals surface area (Å²) < 4.78 is 13.3. The smallest absolute Gasteiger partial charge is 0.123 e. The van der Waals surface area contributed by atoms with Gasteiger partial charge in [-0.15, -0.1) is 0 Å². The number of halogens is 1. The molecule has 2 N–H and O–H groups in total. The van der Waals surface area contributed by atoms with Crippen LogP contribution in [0.5, 0.6) is 0 Å². The number of likely N-dealkylation sites (N-methyl/N-ethyl adjacent to an activating group) is 1. The van der Waals surface area contributed by atoms with Crippen LogP contribution in [-0.2, 0) is 6.54 Å². The predicted molar refractivity (Wildman–Crippen MR) is 81.9 cm³/mol. The number of nitrogens with two attached hydrogens (primary N) is 1. The zero-order valence-electron chi connectivity index (χ0n) is 12.7. The van der Waals surface area contributed by atoms with Crippen LogP contribution < -0.4 is 5.73 Å². The lowest BCUT2D eigenvalue weighted by atomic mass is 9.76. The maximum Gasteiger partial charge on any atom is 0.123 e. The molecule has 1 aliphatic carbocycles. The average molecular weight is 278 g/mol. The van der Waals surface area contributed by atoms with Gasteiger partial charge in [-0.05, 0) is 55.8 Å². The van der Waals surface area contributed by atoms with Gasteiger partial charge in [0.1, 0.15) is 5.82 Å². The van der Waals surface area contributed by atoms with Crippen LogP contribution in [0.25, 0.3) is 0 Å². The lowest BCUT2D eigenvalue weighted by Gasteiger charge is -2.47. The molecular formula is C17H27FN2. The van der Waals surface area contributed by atoms with Gasteiger partial charge in [0.05, 0.1) is 0 Å². The van der Waals surface area contributed by atoms with Crippen molar-refractivity contribution in [3.63, 3.8) is 0 Å². The van der Waals surface area contributed by atoms with Crippen LogP contribution in [-0.4, -0.2) is 23.5 Å². The predicted octanol–water partition coefficient (Wildman–Crippen LogP) is 3.56. The molecule has 0 radical (unpaired) electrons. The van der Waals surface area contributed by atoms with Gasteiger partial charge in [-0.2, -0.15) is 0 Å². The van der Waals surface area contributed by atoms with E-state index in [1.807, 2.05) is 6.07 Å². The van der Waals surface area contributed by atoms with Gasteiger partial charge in [0, 0.05) is 18.6 Å². The lowest BCUT2D eigenvalue weighted by molar-refractivity contribution is 0.0423. The maximum absolute atomic E-state index is 13.3. The van der Waals surface area contributed by atoms with Gasteiger partial charge in [0.2, 0.25) is 0 Å². The maximum atomic E-state index is 13.3. The molecule has 0 heterocycles. The first kappa shape index (κ1) is 15.5. The van der Waals surface area contributed by atoms with Crippen molar-refractivity contribution in [2.75, 3.05) is 13.1 Å². The second-order valence-electron chi connectivity index (χ2n) is 6.26. The Balaban J connectivity index is 2.13. The first-order chi connectivity index (χ1) is 9.59. The van der Waals surface area contributed by atoms with Crippen molar-refractivity contribution >= 4 is 0 Å². The van der Waals surface area contributed by atoms with Gasteiger partial charge in [0.15, 0.2) is 0 Å². The molecule has 112 valence electrons. The molecule has 3 heteroatoms. The molecule has 0 unspecified atom stereocenters. The number of benzene rings is 1. The van der Waals surface area contributed by atoms with Gasteiger partial charge in [-0.25, -0.2) is 4.39 Å². The van der Waals surface area contributed by atoms with Crippen LogP contribution >= 0.6 is 0 Å². The fourth-order valence-corrected chi connectivity index (χ4v) is 3.42. The second kappa shape index (κ2) is 6.68. The third-order valence-corrected chi connectivity index (χ3v) is 4.90. The first-order valence-corrected chi connectivity index (χ1v) is 7.79. The van der Waals surface area contributed by atoms with E-state index in [1.165, 1.54) is 18.9 Å². The third kappa shape index (κ3) is 3.39. The molecule has 1 aromatic carbocycles. The molecule has 0 aromatic heterocycles. The van der Waals surface area contributed by atoms with Crippen LogP contribution in [0.2, 0.25) is 0 Å². The molecule has 0 atom stereocenters. The van der Waals surface area contributed by atoms with Crippen molar-refractivity contribution in [3.8, 4) is 0 Å². The summed E-state index contributed by atoms with van der Waals surface area (Å²) in [4.78, 5) is 2.45. The molecule has 0 spiro atoms. The van der Waals surface area contributed by atoms with Gasteiger partial charge in [-0.1, -0.05) is 26.0 Å². The summed E-state index contributed by atoms with van der Waals surface area (Å²) in [5, 5.41) is 0. The molecule has 0 bridgehead atoms. The highest BCUT2D eigenvalue weighted by atomic mass is 19.1. The summed E-state index contributed by atoms with van der Waals surface area (Å²) in [6.07, 6.45) is 4.81. The summed E-state index contributed by atoms with van der Waals surface area (Å²) in [7, 11) is 0. The van der Waals surface area contributed by atoms with Crippen molar-refractivity contribution in [1.29, 1.82) is 0 Å². The molecule has 2 nitrogen and oxygen atoms in total. The van der Waals surface area contributed by atoms with E-state index < -0.39 is 0 Å². The minimum Gasteiger partial charge on any atom is -0.329 e. The number of rotatable bonds is 5. The lowest BCUT2D eigenvalue weighted by Crippen LogP contribution is -2.55. The number of nitrogens with zero attached hydrogens (tertiary/aromatic N) is 1. The van der Waals surface area contributed by atoms with Crippen LogP contribution in [0.1, 0.15) is 45.1 Å². The molecule has 0 amide bonds. The Morgan fingerprint density at radius 2 is 2.05 bits per heavy atom. The van der Waals surface area contributed by atoms with Crippen LogP contribution in [0.3, 0.4) is 0 Å². The zero-order chi connectivity index (χ0) is 14.6. The van der Waals surface area contributed by atoms with Crippen molar-refractivity contribution in [2.24, 2.45) is 11.7 Å². The summed E-state index contributed by atoms with van der Waals surface area (Å²) >= 11 is 0. The van der Waals surface area contributed by atoms with Crippen LogP contribution in [0.15, 0.2) is 24.3 Å². The standard InChI is InChI=1S/C17H27FN2/c1-3-20(12-15-5-4-6-16(18)11-15)17(13-19)9-7-14(2)8-10-17/h4-6,11,14H,3,7-10,12-13,19H2,1-2H3. The van der Waals surface area contributed by atoms with Crippen molar-refractivity contribution in [3.05, 3.63) is 35.6 Å². The Labute approximate surface area is 122 Å². The van der Waals surface area contributed by atoms with E-state index >= 15 is 0 Å². The molecular weight excluding hydrogens is 251 g/mol. The van der Waals surface area contributed by atoms with E-state index in [4.69, 9.17) is 5.73 Å². The normalized spacial score (nSPS) is 26.9. The second-order valence-corrected chi connectivity index (χ2v) is 6.26. The minimum absolute atomic E-state index is 0.105. The van der Waals surface area contributed by atoms with E-state index in [9.17, 15) is 4.39 Å². The number of hydrogen-bond donors (Lipinski definition) is 1. The molecule has 20 heavy (non-hydrogen) atoms. The Morgan fingerprint density at radius 1 is 1.35 bits per heavy atom. The fourth-order valence-electron chi connectivity index (χ4n) is 3.42. The topological polar surface area (TPSA) is 29.3 Å². The van der Waals surface area contributed by atoms with Crippen molar-refractivity contribution in [2.45, 2.75) is 51.6 Å². The zero-order valence-corrected chi connectivity index (χ0v) is 12.7. The summed E-state index contributed by atoms with van der Waals surface area (Å²) in [5.74, 6) is 0.653. The fraction of sp³-hybridized carbons (Fsp3) is 0.647. The molecule has 1 aliphatic rings. The quantitative estimate of drug-likeness (QED) is 0.892. The highest BCUT2D eigenvalue weighted by molar-refractivity contribution is 5.17. The molecule has 1 saturated carbocycles. The highest BCUT2D eigenvalue weighted by Crippen LogP contribution is 2.36. The Hall–Kier alpha value is -0.930. The number of hydrogen-bond acceptors (Lipinski definition) is 2. The third-order valence-electron chi connectivity index (χ3n) is 4.90. The van der Waals surface area contributed by atoms with E-state index in [0.717, 1.165) is 37.4 Å². The summed E-state index contributed by atoms with van der Waals surface area (Å²) in [6.45, 7) is 6.95. The van der Waals surface area contributed by atoms with E-state index in [0.29, 0.717) is 6.54 Å². The Morgan fingerprint density at radius 3 is 2.60 bits per heavy atom. The molecule has 0 aliphatic heterocycles. The monoisotopic (exact) mass is 278 g/mol. The van der Waals surface area contributed by atoms with Crippen molar-refractivity contribution in [1.82, 2.24) is 4.90 Å². The SMILES string of the molecule is CCN(Cc1cccc(F)c1)C1(CN)CCC(C)CC1. The van der Waals surface area contributed by atoms with Gasteiger partial charge >= 0.3 is 0 Å². The largest absolute Gasteiger partial charge is 0.329 e. The van der Waals surface area contributed by atoms with E-state index in [-0.39, 0.29) is 11.4 Å². The van der Waals surface area contributed by atoms with Crippen molar-refractivity contribution < 1.29 is 4.39 Å². The molecule has 1 aromatic rings. The average Bonchev–Trinajstić information content (AvgIpc) is 2.46. The first-order valence-electron chi connectivity index (χ1n) is 7.79. The van der Waals surface area contributed by atoms with Gasteiger partial charge < -0.3 is 5.73 Å². The molecule has 1 fully saturated rings. The van der Waals surface area contributed by atoms with Gasteiger partial charge in [-0.3, -0.25) is 4.90 Å². The van der Waals surface area contributed by atoms with Crippen LogP contribution in [0.4, 0.5) is 4.39 Å². The summed E-state index contributed by atoms with van der Waals surface area (Å²) in [5.41, 5.74) is 7.27. The summed E-state index contributed by atoms with van der Waals surface area (Å²) in [6, 6.07) is 6.93. The molecule has 0 saturated heterocycles. The minimum atomic E-state index is -0.155. The molecule has 2 rings (SSSR count). The van der Waals surface area contributed by atoms with Gasteiger partial charge in [0.25, 0.3) is 0 Å². The Kier molecular flexibility index (Phi) is 5.17. The highest BCUT2D eigenvalue weighted by Gasteiger charge is 2.37. The Bertz CT molecular complexity index is 425.